The van der Waals surface area contributed by atoms with Gasteiger partial charge in [0.2, 0.25) is 0 Å². The Morgan fingerprint density at radius 3 is 0.568 bits per heavy atom. The minimum atomic E-state index is -0.596. The van der Waals surface area contributed by atoms with Crippen LogP contribution in [-0.4, -0.2) is 131 Å². The monoisotopic (exact) mass is 1150 g/mol. The molecule has 6 aliphatic heterocycles. The molecule has 0 aliphatic carbocycles. The van der Waals surface area contributed by atoms with Crippen molar-refractivity contribution < 1.29 is 28.4 Å². The molecule has 6 aliphatic rings. The van der Waals surface area contributed by atoms with Crippen LogP contribution in [0.15, 0.2) is 57.5 Å². The zero-order valence-corrected chi connectivity index (χ0v) is 47.3. The van der Waals surface area contributed by atoms with Crippen molar-refractivity contribution in [2.24, 2.45) is 42.3 Å². The van der Waals surface area contributed by atoms with Crippen molar-refractivity contribution in [2.45, 2.75) is 172 Å². The molecule has 30 heteroatoms. The van der Waals surface area contributed by atoms with Gasteiger partial charge in [-0.1, -0.05) is 0 Å². The van der Waals surface area contributed by atoms with Gasteiger partial charge in [0.15, 0.2) is 0 Å². The Morgan fingerprint density at radius 2 is 0.383 bits per heavy atom. The zero-order chi connectivity index (χ0) is 58.7. The first-order chi connectivity index (χ1) is 38.7. The lowest BCUT2D eigenvalue weighted by Crippen LogP contribution is -2.53. The lowest BCUT2D eigenvalue weighted by atomic mass is 10.2. The fourth-order valence-corrected chi connectivity index (χ4v) is 9.08. The molecular weight excluding hydrogens is 1070 g/mol. The van der Waals surface area contributed by atoms with Crippen LogP contribution in [0, 0.1) is 0 Å². The molecule has 30 nitrogen and oxygen atoms in total. The van der Waals surface area contributed by atoms with Gasteiger partial charge in [0.05, 0.1) is 76.3 Å². The molecule has 81 heavy (non-hydrogen) atoms. The number of hydrogen-bond acceptors (Lipinski definition) is 18. The van der Waals surface area contributed by atoms with Crippen molar-refractivity contribution in [2.75, 3.05) is 39.6 Å². The van der Waals surface area contributed by atoms with Gasteiger partial charge in [-0.25, -0.2) is 112 Å². The SMILES string of the molecule is Cn1c(=O)n(C)c(=O)n(CCCC2CO2)c1=O.Cn1c(=O)n(C)c(=O)n(CCCCC2CO2)c1=O.Cn1c(=O)n(CCCC2CO2)c(=O)n(CCCC2CO2)c1=O.Cn1c(=O)n(CCCCC2CO2)c(=O)n(CCCCC2CO2)c1=O. The molecule has 0 radical (unpaired) electrons. The van der Waals surface area contributed by atoms with Crippen molar-refractivity contribution in [1.82, 2.24) is 54.8 Å². The number of epoxide rings is 6. The van der Waals surface area contributed by atoms with Crippen LogP contribution in [0.1, 0.15) is 96.3 Å². The largest absolute Gasteiger partial charge is 0.373 e. The van der Waals surface area contributed by atoms with Crippen LogP contribution < -0.4 is 68.3 Å². The molecular formula is C51H78N12O18. The molecule has 6 fully saturated rings. The van der Waals surface area contributed by atoms with E-state index in [1.807, 2.05) is 0 Å². The first kappa shape index (κ1) is 62.0. The van der Waals surface area contributed by atoms with Crippen LogP contribution in [0.25, 0.3) is 0 Å². The summed E-state index contributed by atoms with van der Waals surface area (Å²) in [6.07, 6.45) is 14.2. The van der Waals surface area contributed by atoms with E-state index < -0.39 is 68.3 Å². The molecule has 0 aromatic carbocycles. The van der Waals surface area contributed by atoms with E-state index in [-0.39, 0.29) is 18.3 Å². The van der Waals surface area contributed by atoms with E-state index in [0.717, 1.165) is 162 Å². The number of rotatable bonds is 27. The highest BCUT2D eigenvalue weighted by atomic mass is 16.6. The predicted molar refractivity (Wildman–Crippen MR) is 290 cm³/mol. The summed E-state index contributed by atoms with van der Waals surface area (Å²) in [5.74, 6) is 0. The van der Waals surface area contributed by atoms with E-state index in [2.05, 4.69) is 0 Å². The molecule has 0 N–H and O–H groups in total. The van der Waals surface area contributed by atoms with Gasteiger partial charge in [-0.2, -0.15) is 0 Å². The van der Waals surface area contributed by atoms with Gasteiger partial charge in [-0.3, -0.25) is 0 Å². The highest BCUT2D eigenvalue weighted by Crippen LogP contribution is 2.19. The molecule has 6 unspecified atom stereocenters. The first-order valence-corrected chi connectivity index (χ1v) is 27.9. The number of unbranched alkanes of at least 4 members (excludes halogenated alkanes) is 3. The van der Waals surface area contributed by atoms with Gasteiger partial charge in [-0.15, -0.1) is 0 Å². The molecule has 4 aromatic rings. The smallest absolute Gasteiger partial charge is 0.336 e. The van der Waals surface area contributed by atoms with E-state index in [4.69, 9.17) is 28.4 Å². The Hall–Kier alpha value is -6.60. The van der Waals surface area contributed by atoms with Crippen molar-refractivity contribution in [1.29, 1.82) is 0 Å². The normalized spacial score (nSPS) is 20.5. The van der Waals surface area contributed by atoms with E-state index in [9.17, 15) is 57.5 Å². The van der Waals surface area contributed by atoms with Crippen LogP contribution in [0.5, 0.6) is 0 Å². The van der Waals surface area contributed by atoms with Gasteiger partial charge in [-0.05, 0) is 96.3 Å². The third-order valence-corrected chi connectivity index (χ3v) is 14.8. The Balaban J connectivity index is 0.000000157. The lowest BCUT2D eigenvalue weighted by molar-refractivity contribution is 0.371. The summed E-state index contributed by atoms with van der Waals surface area (Å²) >= 11 is 0. The van der Waals surface area contributed by atoms with Gasteiger partial charge >= 0.3 is 68.3 Å². The maximum absolute atomic E-state index is 12.5. The summed E-state index contributed by atoms with van der Waals surface area (Å²) in [5.41, 5.74) is -6.57. The summed E-state index contributed by atoms with van der Waals surface area (Å²) in [7, 11) is 8.31. The molecule has 10 heterocycles. The molecule has 6 atom stereocenters. The summed E-state index contributed by atoms with van der Waals surface area (Å²) in [6.45, 7) is 6.72. The van der Waals surface area contributed by atoms with Crippen molar-refractivity contribution >= 4 is 0 Å². The van der Waals surface area contributed by atoms with E-state index >= 15 is 0 Å². The minimum Gasteiger partial charge on any atom is -0.373 e. The Bertz CT molecular complexity index is 3380. The van der Waals surface area contributed by atoms with Crippen LogP contribution in [-0.2, 0) is 110 Å². The van der Waals surface area contributed by atoms with E-state index in [1.54, 1.807) is 0 Å². The Morgan fingerprint density at radius 1 is 0.235 bits per heavy atom. The zero-order valence-electron chi connectivity index (χ0n) is 47.3. The second-order valence-electron chi connectivity index (χ2n) is 21.3. The van der Waals surface area contributed by atoms with Gasteiger partial charge in [0.25, 0.3) is 0 Å². The summed E-state index contributed by atoms with van der Waals surface area (Å²) in [4.78, 5) is 144. The van der Waals surface area contributed by atoms with Gasteiger partial charge < -0.3 is 28.4 Å². The highest BCUT2D eigenvalue weighted by molar-refractivity contribution is 4.83. The molecule has 0 amide bonds. The second-order valence-corrected chi connectivity index (χ2v) is 21.3. The van der Waals surface area contributed by atoms with Gasteiger partial charge in [0.1, 0.15) is 0 Å². The van der Waals surface area contributed by atoms with Crippen LogP contribution in [0.4, 0.5) is 0 Å². The van der Waals surface area contributed by atoms with Crippen LogP contribution >= 0.6 is 0 Å². The maximum Gasteiger partial charge on any atom is 0.336 e. The van der Waals surface area contributed by atoms with Gasteiger partial charge in [0, 0.05) is 81.6 Å². The topological polar surface area (TPSA) is 339 Å². The third kappa shape index (κ3) is 17.5. The average molecular weight is 1150 g/mol. The summed E-state index contributed by atoms with van der Waals surface area (Å²) in [6, 6.07) is 0. The number of ether oxygens (including phenoxy) is 6. The molecule has 10 rings (SSSR count). The quantitative estimate of drug-likeness (QED) is 0.0408. The predicted octanol–water partition coefficient (Wildman–Crippen LogP) is -3.85. The fraction of sp³-hybridized carbons (Fsp3) is 0.765. The summed E-state index contributed by atoms with van der Waals surface area (Å²) < 4.78 is 43.3. The molecule has 450 valence electrons. The van der Waals surface area contributed by atoms with E-state index in [0.29, 0.717) is 76.8 Å². The average Bonchev–Trinajstić information content (AvgIpc) is 4.40. The van der Waals surface area contributed by atoms with Crippen molar-refractivity contribution in [3.63, 3.8) is 0 Å². The molecule has 4 aromatic heterocycles. The van der Waals surface area contributed by atoms with Crippen molar-refractivity contribution in [3.05, 3.63) is 126 Å². The van der Waals surface area contributed by atoms with Crippen LogP contribution in [0.3, 0.4) is 0 Å². The Labute approximate surface area is 462 Å². The number of hydrogen-bond donors (Lipinski definition) is 0. The second kappa shape index (κ2) is 28.4. The number of aromatic nitrogens is 12. The molecule has 0 spiro atoms. The molecule has 0 bridgehead atoms. The maximum atomic E-state index is 12.5. The fourth-order valence-electron chi connectivity index (χ4n) is 9.08. The first-order valence-electron chi connectivity index (χ1n) is 27.9. The minimum absolute atomic E-state index is 0.268. The third-order valence-electron chi connectivity index (χ3n) is 14.8. The highest BCUT2D eigenvalue weighted by Gasteiger charge is 2.26. The van der Waals surface area contributed by atoms with Crippen LogP contribution in [0.2, 0.25) is 0 Å². The number of nitrogens with zero attached hydrogens (tertiary/aromatic N) is 12. The standard InChI is InChI=1S/C16H25N3O5.C14H21N3O5.C11H17N3O4.C10H15N3O4/c1-17-14(20)18(8-4-2-6-12-10-23-12)16(22)19(15(17)21)9-5-3-7-13-11-24-13;1-15-12(18)16(6-2-4-10-8-21-10)14(20)17(13(15)19)7-3-5-11-9-22-11;1-12-9(15)13(2)11(17)14(10(12)16)6-4-3-5-8-7-18-8;1-11-8(14)12(2)10(16)13(9(11)15)5-3-4-7-6-17-7/h12-13H,2-11H2,1H3;10-11H,2-9H2,1H3;8H,3-7H2,1-2H3;7H,3-6H2,1-2H3. The molecule has 6 saturated heterocycles. The Kier molecular flexibility index (Phi) is 21.7. The van der Waals surface area contributed by atoms with Crippen molar-refractivity contribution in [3.8, 4) is 0 Å². The summed E-state index contributed by atoms with van der Waals surface area (Å²) in [5, 5.41) is 0. The molecule has 0 saturated carbocycles. The lowest BCUT2D eigenvalue weighted by Gasteiger charge is -2.11. The van der Waals surface area contributed by atoms with E-state index in [1.165, 1.54) is 51.4 Å².